The smallest absolute Gasteiger partial charge is 0.354 e. The van der Waals surface area contributed by atoms with Gasteiger partial charge in [0, 0.05) is 18.0 Å². The fraction of sp³-hybridized carbons (Fsp3) is 0.182. The highest BCUT2D eigenvalue weighted by molar-refractivity contribution is 7.67. The van der Waals surface area contributed by atoms with Crippen LogP contribution in [-0.2, 0) is 20.0 Å². The number of fused-ring (bicyclic) bond motifs is 1. The topological polar surface area (TPSA) is 88.7 Å². The minimum absolute atomic E-state index is 0.327. The van der Waals surface area contributed by atoms with Crippen LogP contribution in [0.25, 0.3) is 10.9 Å². The van der Waals surface area contributed by atoms with Crippen molar-refractivity contribution < 1.29 is 22.2 Å². The maximum absolute atomic E-state index is 11.4. The number of ether oxygens (including phenoxy) is 1. The van der Waals surface area contributed by atoms with Gasteiger partial charge in [-0.2, -0.15) is 4.28 Å². The number of anilines is 1. The highest BCUT2D eigenvalue weighted by Crippen LogP contribution is 2.22. The summed E-state index contributed by atoms with van der Waals surface area (Å²) in [6, 6.07) is 6.74. The first-order chi connectivity index (χ1) is 9.01. The number of aromatic nitrogens is 1. The Balaban J connectivity index is 2.37. The molecule has 2 rings (SSSR count). The number of thiol groups is 1. The second kappa shape index (κ2) is 5.29. The van der Waals surface area contributed by atoms with E-state index in [1.54, 1.807) is 24.3 Å². The summed E-state index contributed by atoms with van der Waals surface area (Å²) < 4.78 is 30.1. The van der Waals surface area contributed by atoms with Crippen molar-refractivity contribution in [3.63, 3.8) is 0 Å². The third kappa shape index (κ3) is 2.85. The van der Waals surface area contributed by atoms with Gasteiger partial charge in [0.05, 0.1) is 12.8 Å². The maximum Gasteiger partial charge on any atom is 0.354 e. The van der Waals surface area contributed by atoms with Crippen LogP contribution in [-0.4, -0.2) is 33.5 Å². The van der Waals surface area contributed by atoms with E-state index < -0.39 is 17.0 Å². The molecule has 0 radical (unpaired) electrons. The number of rotatable bonds is 4. The molecule has 0 amide bonds. The van der Waals surface area contributed by atoms with Crippen molar-refractivity contribution in [1.29, 1.82) is 0 Å². The van der Waals surface area contributed by atoms with Crippen LogP contribution in [0.5, 0.6) is 0 Å². The van der Waals surface area contributed by atoms with Gasteiger partial charge in [0.1, 0.15) is 5.69 Å². The molecular formula is C11H12N2O5S. The molecule has 0 bridgehead atoms. The van der Waals surface area contributed by atoms with Gasteiger partial charge < -0.3 is 9.72 Å². The Morgan fingerprint density at radius 3 is 2.68 bits per heavy atom. The van der Waals surface area contributed by atoms with Crippen LogP contribution in [0.2, 0.25) is 0 Å². The first kappa shape index (κ1) is 13.4. The minimum Gasteiger partial charge on any atom is -0.464 e. The van der Waals surface area contributed by atoms with Crippen LogP contribution in [0.1, 0.15) is 10.5 Å². The average molecular weight is 284 g/mol. The number of hydroxylamine groups is 1. The molecule has 102 valence electrons. The molecule has 0 aliphatic heterocycles. The summed E-state index contributed by atoms with van der Waals surface area (Å²) in [7, 11) is -0.207. The van der Waals surface area contributed by atoms with Gasteiger partial charge in [-0.25, -0.2) is 18.3 Å². The third-order valence-electron chi connectivity index (χ3n) is 2.56. The molecule has 8 heteroatoms. The van der Waals surface area contributed by atoms with E-state index in [1.807, 2.05) is 0 Å². The molecule has 1 N–H and O–H groups in total. The fourth-order valence-electron chi connectivity index (χ4n) is 1.68. The molecule has 0 aliphatic rings. The quantitative estimate of drug-likeness (QED) is 0.491. The van der Waals surface area contributed by atoms with E-state index in [0.717, 1.165) is 10.4 Å². The predicted molar refractivity (Wildman–Crippen MR) is 69.4 cm³/mol. The molecule has 0 saturated carbocycles. The molecule has 0 unspecified atom stereocenters. The summed E-state index contributed by atoms with van der Waals surface area (Å²) in [5, 5.41) is 1.92. The Hall–Kier alpha value is -2.06. The number of H-pyrrole nitrogens is 1. The Morgan fingerprint density at radius 2 is 2.05 bits per heavy atom. The molecule has 1 aromatic carbocycles. The van der Waals surface area contributed by atoms with Crippen molar-refractivity contribution in [3.05, 3.63) is 30.0 Å². The molecule has 1 heterocycles. The van der Waals surface area contributed by atoms with Crippen LogP contribution in [0.4, 0.5) is 5.69 Å². The number of nitrogens with zero attached hydrogens (tertiary/aromatic N) is 1. The summed E-state index contributed by atoms with van der Waals surface area (Å²) >= 11 is 0. The lowest BCUT2D eigenvalue weighted by atomic mass is 10.2. The molecule has 0 fully saturated rings. The van der Waals surface area contributed by atoms with E-state index in [2.05, 4.69) is 14.0 Å². The van der Waals surface area contributed by atoms with Crippen LogP contribution >= 0.6 is 0 Å². The molecule has 7 nitrogen and oxygen atoms in total. The third-order valence-corrected chi connectivity index (χ3v) is 2.94. The second-order valence-corrected chi connectivity index (χ2v) is 4.36. The fourth-order valence-corrected chi connectivity index (χ4v) is 1.97. The lowest BCUT2D eigenvalue weighted by Crippen LogP contribution is -2.16. The SMILES string of the molecule is COC(=O)c1cc2ccc(N(C)O[SH](=O)=O)cc2[nH]1. The molecule has 2 aromatic rings. The van der Waals surface area contributed by atoms with E-state index >= 15 is 0 Å². The first-order valence-corrected chi connectivity index (χ1v) is 6.38. The number of methoxy groups -OCH3 is 1. The monoisotopic (exact) mass is 284 g/mol. The van der Waals surface area contributed by atoms with Crippen LogP contribution in [0.3, 0.4) is 0 Å². The molecule has 19 heavy (non-hydrogen) atoms. The summed E-state index contributed by atoms with van der Waals surface area (Å²) in [5.74, 6) is -0.468. The zero-order chi connectivity index (χ0) is 14.0. The second-order valence-electron chi connectivity index (χ2n) is 3.75. The standard InChI is InChI=1S/C11H12N2O5S/c1-13(18-19(15)16)8-4-3-7-5-10(11(14)17-2)12-9(7)6-8/h3-6,12,19H,1-2H3. The van der Waals surface area contributed by atoms with E-state index in [4.69, 9.17) is 0 Å². The first-order valence-electron chi connectivity index (χ1n) is 5.28. The van der Waals surface area contributed by atoms with Gasteiger partial charge in [0.25, 0.3) is 11.0 Å². The van der Waals surface area contributed by atoms with Gasteiger partial charge in [0.15, 0.2) is 0 Å². The van der Waals surface area contributed by atoms with E-state index in [9.17, 15) is 13.2 Å². The Labute approximate surface area is 110 Å². The Morgan fingerprint density at radius 1 is 1.32 bits per heavy atom. The van der Waals surface area contributed by atoms with E-state index in [-0.39, 0.29) is 0 Å². The number of nitrogens with one attached hydrogen (secondary N) is 1. The zero-order valence-corrected chi connectivity index (χ0v) is 11.1. The summed E-state index contributed by atoms with van der Waals surface area (Å²) in [6.45, 7) is 0. The highest BCUT2D eigenvalue weighted by Gasteiger charge is 2.11. The normalized spacial score (nSPS) is 10.9. The van der Waals surface area contributed by atoms with Gasteiger partial charge in [-0.3, -0.25) is 0 Å². The van der Waals surface area contributed by atoms with Crippen molar-refractivity contribution in [2.75, 3.05) is 19.2 Å². The lowest BCUT2D eigenvalue weighted by Gasteiger charge is -2.13. The number of benzene rings is 1. The molecule has 0 atom stereocenters. The van der Waals surface area contributed by atoms with Crippen LogP contribution < -0.4 is 5.06 Å². The molecular weight excluding hydrogens is 272 g/mol. The maximum atomic E-state index is 11.4. The number of hydrogen-bond donors (Lipinski definition) is 2. The Kier molecular flexibility index (Phi) is 3.72. The van der Waals surface area contributed by atoms with Crippen molar-refractivity contribution in [2.24, 2.45) is 0 Å². The van der Waals surface area contributed by atoms with Crippen LogP contribution in [0, 0.1) is 0 Å². The van der Waals surface area contributed by atoms with Gasteiger partial charge >= 0.3 is 5.97 Å². The lowest BCUT2D eigenvalue weighted by molar-refractivity contribution is 0.0595. The average Bonchev–Trinajstić information content (AvgIpc) is 2.79. The highest BCUT2D eigenvalue weighted by atomic mass is 32.2. The summed E-state index contributed by atoms with van der Waals surface area (Å²) in [5.41, 5.74) is 1.53. The number of carbonyl (C=O) groups is 1. The molecule has 0 spiro atoms. The van der Waals surface area contributed by atoms with Gasteiger partial charge in [-0.15, -0.1) is 0 Å². The summed E-state index contributed by atoms with van der Waals surface area (Å²) in [4.78, 5) is 14.3. The van der Waals surface area contributed by atoms with E-state index in [0.29, 0.717) is 16.9 Å². The van der Waals surface area contributed by atoms with Crippen LogP contribution in [0.15, 0.2) is 24.3 Å². The summed E-state index contributed by atoms with van der Waals surface area (Å²) in [6.07, 6.45) is 0. The Bertz CT molecular complexity index is 683. The molecule has 0 saturated heterocycles. The number of carbonyl (C=O) groups excluding carboxylic acids is 1. The minimum atomic E-state index is -2.97. The van der Waals surface area contributed by atoms with Gasteiger partial charge in [0.2, 0.25) is 0 Å². The van der Waals surface area contributed by atoms with E-state index in [1.165, 1.54) is 14.2 Å². The van der Waals surface area contributed by atoms with Gasteiger partial charge in [-0.1, -0.05) is 6.07 Å². The largest absolute Gasteiger partial charge is 0.464 e. The van der Waals surface area contributed by atoms with Crippen molar-refractivity contribution in [1.82, 2.24) is 4.98 Å². The number of hydrogen-bond acceptors (Lipinski definition) is 6. The number of esters is 1. The predicted octanol–water partition coefficient (Wildman–Crippen LogP) is 0.849. The number of aromatic amines is 1. The van der Waals surface area contributed by atoms with Gasteiger partial charge in [-0.05, 0) is 18.2 Å². The van der Waals surface area contributed by atoms with Crippen molar-refractivity contribution in [3.8, 4) is 0 Å². The van der Waals surface area contributed by atoms with Crippen molar-refractivity contribution >= 4 is 33.5 Å². The molecule has 1 aromatic heterocycles. The molecule has 0 aliphatic carbocycles. The zero-order valence-electron chi connectivity index (χ0n) is 10.2. The van der Waals surface area contributed by atoms with Crippen molar-refractivity contribution in [2.45, 2.75) is 0 Å².